The van der Waals surface area contributed by atoms with Gasteiger partial charge in [-0.3, -0.25) is 4.98 Å². The molecule has 1 aliphatic rings. The highest BCUT2D eigenvalue weighted by Crippen LogP contribution is 2.40. The van der Waals surface area contributed by atoms with Crippen LogP contribution in [-0.2, 0) is 18.4 Å². The van der Waals surface area contributed by atoms with Gasteiger partial charge in [-0.25, -0.2) is 9.97 Å². The van der Waals surface area contributed by atoms with Gasteiger partial charge in [-0.05, 0) is 36.0 Å². The van der Waals surface area contributed by atoms with E-state index in [0.29, 0.717) is 6.04 Å². The Bertz CT molecular complexity index is 701. The topological polar surface area (TPSA) is 50.7 Å². The van der Waals surface area contributed by atoms with E-state index >= 15 is 0 Å². The summed E-state index contributed by atoms with van der Waals surface area (Å²) in [4.78, 5) is 13.7. The number of pyridine rings is 1. The number of rotatable bonds is 3. The van der Waals surface area contributed by atoms with Gasteiger partial charge in [-0.15, -0.1) is 0 Å². The van der Waals surface area contributed by atoms with Crippen molar-refractivity contribution in [2.75, 3.05) is 0 Å². The first-order valence-corrected chi connectivity index (χ1v) is 8.73. The minimum absolute atomic E-state index is 0.0173. The molecule has 0 saturated carbocycles. The van der Waals surface area contributed by atoms with Crippen molar-refractivity contribution in [2.24, 2.45) is 5.41 Å². The molecule has 1 unspecified atom stereocenters. The lowest BCUT2D eigenvalue weighted by Gasteiger charge is -2.37. The molecule has 128 valence electrons. The second-order valence-electron chi connectivity index (χ2n) is 8.68. The van der Waals surface area contributed by atoms with Gasteiger partial charge >= 0.3 is 0 Å². The van der Waals surface area contributed by atoms with E-state index in [4.69, 9.17) is 4.98 Å². The van der Waals surface area contributed by atoms with Crippen LogP contribution in [0.3, 0.4) is 0 Å². The third kappa shape index (κ3) is 3.81. The lowest BCUT2D eigenvalue weighted by molar-refractivity contribution is 0.251. The molecule has 2 heterocycles. The van der Waals surface area contributed by atoms with E-state index in [1.807, 2.05) is 18.6 Å². The van der Waals surface area contributed by atoms with E-state index in [1.165, 1.54) is 16.8 Å². The molecule has 0 spiro atoms. The number of fused-ring (bicyclic) bond motifs is 1. The van der Waals surface area contributed by atoms with E-state index < -0.39 is 0 Å². The Morgan fingerprint density at radius 2 is 1.92 bits per heavy atom. The maximum absolute atomic E-state index is 4.92. The smallest absolute Gasteiger partial charge is 0.133 e. The number of nitrogens with zero attached hydrogens (tertiary/aromatic N) is 3. The number of nitrogens with one attached hydrogen (secondary N) is 1. The summed E-state index contributed by atoms with van der Waals surface area (Å²) < 4.78 is 0. The van der Waals surface area contributed by atoms with Gasteiger partial charge in [0.05, 0.1) is 0 Å². The fourth-order valence-corrected chi connectivity index (χ4v) is 3.33. The van der Waals surface area contributed by atoms with E-state index in [-0.39, 0.29) is 10.8 Å². The van der Waals surface area contributed by atoms with Crippen molar-refractivity contribution in [3.05, 3.63) is 53.4 Å². The summed E-state index contributed by atoms with van der Waals surface area (Å²) in [5.41, 5.74) is 3.94. The maximum Gasteiger partial charge on any atom is 0.133 e. The van der Waals surface area contributed by atoms with Crippen molar-refractivity contribution in [3.8, 4) is 0 Å². The normalized spacial score (nSPS) is 19.8. The molecule has 0 aliphatic heterocycles. The summed E-state index contributed by atoms with van der Waals surface area (Å²) in [6.07, 6.45) is 7.84. The van der Waals surface area contributed by atoms with Crippen molar-refractivity contribution in [1.29, 1.82) is 0 Å². The molecule has 4 heteroatoms. The Kier molecular flexibility index (Phi) is 4.43. The zero-order valence-electron chi connectivity index (χ0n) is 15.4. The van der Waals surface area contributed by atoms with Crippen LogP contribution in [0.2, 0.25) is 0 Å². The highest BCUT2D eigenvalue weighted by atomic mass is 15.0. The van der Waals surface area contributed by atoms with Gasteiger partial charge < -0.3 is 5.32 Å². The van der Waals surface area contributed by atoms with Crippen molar-refractivity contribution in [3.63, 3.8) is 0 Å². The third-order valence-electron chi connectivity index (χ3n) is 4.65. The van der Waals surface area contributed by atoms with Gasteiger partial charge in [0.25, 0.3) is 0 Å². The van der Waals surface area contributed by atoms with Crippen LogP contribution in [0.4, 0.5) is 0 Å². The van der Waals surface area contributed by atoms with Crippen LogP contribution < -0.4 is 5.32 Å². The van der Waals surface area contributed by atoms with Gasteiger partial charge in [-0.2, -0.15) is 0 Å². The average Bonchev–Trinajstić information content (AvgIpc) is 2.51. The number of aromatic nitrogens is 3. The Morgan fingerprint density at radius 1 is 1.21 bits per heavy atom. The SMILES string of the molecule is CC1(C)Cc2nc(C(C)(C)C)ncc2C(NCc2ccncc2)C1. The fraction of sp³-hybridized carbons (Fsp3) is 0.550. The second-order valence-corrected chi connectivity index (χ2v) is 8.68. The van der Waals surface area contributed by atoms with Gasteiger partial charge in [-0.1, -0.05) is 34.6 Å². The predicted octanol–water partition coefficient (Wildman–Crippen LogP) is 3.97. The molecule has 0 radical (unpaired) electrons. The Morgan fingerprint density at radius 3 is 2.58 bits per heavy atom. The van der Waals surface area contributed by atoms with E-state index in [0.717, 1.165) is 25.2 Å². The monoisotopic (exact) mass is 324 g/mol. The van der Waals surface area contributed by atoms with Gasteiger partial charge in [0.15, 0.2) is 0 Å². The molecule has 4 nitrogen and oxygen atoms in total. The van der Waals surface area contributed by atoms with Crippen LogP contribution in [0, 0.1) is 5.41 Å². The number of hydrogen-bond acceptors (Lipinski definition) is 4. The first-order valence-electron chi connectivity index (χ1n) is 8.73. The Balaban J connectivity index is 1.86. The molecule has 0 aromatic carbocycles. The minimum atomic E-state index is -0.0173. The molecule has 1 N–H and O–H groups in total. The quantitative estimate of drug-likeness (QED) is 0.928. The van der Waals surface area contributed by atoms with Crippen LogP contribution in [-0.4, -0.2) is 15.0 Å². The molecule has 2 aromatic heterocycles. The summed E-state index contributed by atoms with van der Waals surface area (Å²) in [6, 6.07) is 4.41. The standard InChI is InChI=1S/C20H28N4/c1-19(2,3)18-23-13-15-16(10-20(4,5)11-17(15)24-18)22-12-14-6-8-21-9-7-14/h6-9,13,16,22H,10-12H2,1-5H3. The van der Waals surface area contributed by atoms with Gasteiger partial charge in [0, 0.05) is 47.8 Å². The predicted molar refractivity (Wildman–Crippen MR) is 96.7 cm³/mol. The van der Waals surface area contributed by atoms with Crippen LogP contribution in [0.1, 0.15) is 69.7 Å². The first-order chi connectivity index (χ1) is 11.2. The lowest BCUT2D eigenvalue weighted by atomic mass is 9.74. The van der Waals surface area contributed by atoms with Crippen molar-refractivity contribution in [2.45, 2.75) is 65.5 Å². The van der Waals surface area contributed by atoms with E-state index in [9.17, 15) is 0 Å². The second kappa shape index (κ2) is 6.25. The van der Waals surface area contributed by atoms with Gasteiger partial charge in [0.1, 0.15) is 5.82 Å². The molecule has 0 amide bonds. The molecular weight excluding hydrogens is 296 g/mol. The first kappa shape index (κ1) is 17.0. The average molecular weight is 324 g/mol. The molecule has 0 saturated heterocycles. The maximum atomic E-state index is 4.92. The number of hydrogen-bond donors (Lipinski definition) is 1. The molecule has 1 atom stereocenters. The summed E-state index contributed by atoms with van der Waals surface area (Å²) in [7, 11) is 0. The molecule has 1 aliphatic carbocycles. The van der Waals surface area contributed by atoms with E-state index in [1.54, 1.807) is 0 Å². The molecule has 0 bridgehead atoms. The highest BCUT2D eigenvalue weighted by Gasteiger charge is 2.34. The molecule has 0 fully saturated rings. The Hall–Kier alpha value is -1.81. The molecule has 2 aromatic rings. The zero-order chi connectivity index (χ0) is 17.4. The fourth-order valence-electron chi connectivity index (χ4n) is 3.33. The molecule has 3 rings (SSSR count). The molecule has 24 heavy (non-hydrogen) atoms. The van der Waals surface area contributed by atoms with Crippen LogP contribution >= 0.6 is 0 Å². The minimum Gasteiger partial charge on any atom is -0.306 e. The highest BCUT2D eigenvalue weighted by molar-refractivity contribution is 5.28. The summed E-state index contributed by atoms with van der Waals surface area (Å²) in [6.45, 7) is 12.0. The van der Waals surface area contributed by atoms with Crippen LogP contribution in [0.15, 0.2) is 30.7 Å². The summed E-state index contributed by atoms with van der Waals surface area (Å²) in [5, 5.41) is 3.70. The van der Waals surface area contributed by atoms with E-state index in [2.05, 4.69) is 62.0 Å². The van der Waals surface area contributed by atoms with Crippen molar-refractivity contribution in [1.82, 2.24) is 20.3 Å². The molecular formula is C20H28N4. The third-order valence-corrected chi connectivity index (χ3v) is 4.65. The zero-order valence-corrected chi connectivity index (χ0v) is 15.4. The Labute approximate surface area is 145 Å². The van der Waals surface area contributed by atoms with Gasteiger partial charge in [0.2, 0.25) is 0 Å². The lowest BCUT2D eigenvalue weighted by Crippen LogP contribution is -2.35. The van der Waals surface area contributed by atoms with Crippen LogP contribution in [0.25, 0.3) is 0 Å². The van der Waals surface area contributed by atoms with Crippen LogP contribution in [0.5, 0.6) is 0 Å². The van der Waals surface area contributed by atoms with Crippen molar-refractivity contribution < 1.29 is 0 Å². The summed E-state index contributed by atoms with van der Waals surface area (Å²) >= 11 is 0. The van der Waals surface area contributed by atoms with Crippen molar-refractivity contribution >= 4 is 0 Å². The largest absolute Gasteiger partial charge is 0.306 e. The summed E-state index contributed by atoms with van der Waals surface area (Å²) in [5.74, 6) is 0.937.